The maximum absolute atomic E-state index is 12.2. The van der Waals surface area contributed by atoms with E-state index in [0.29, 0.717) is 6.54 Å². The molecule has 0 aliphatic carbocycles. The highest BCUT2D eigenvalue weighted by molar-refractivity contribution is 5.95. The van der Waals surface area contributed by atoms with Crippen LogP contribution >= 0.6 is 0 Å². The van der Waals surface area contributed by atoms with Crippen molar-refractivity contribution in [2.75, 3.05) is 18.5 Å². The summed E-state index contributed by atoms with van der Waals surface area (Å²) in [7, 11) is 2.12. The molecule has 2 aromatic rings. The van der Waals surface area contributed by atoms with Crippen LogP contribution < -0.4 is 10.2 Å². The third-order valence-corrected chi connectivity index (χ3v) is 4.11. The number of carbonyl (C=O) groups excluding carboxylic acids is 1. The number of fused-ring (bicyclic) bond motifs is 1. The molecule has 0 aromatic heterocycles. The number of aryl methyl sites for hydroxylation is 1. The number of amides is 1. The van der Waals surface area contributed by atoms with Crippen molar-refractivity contribution in [1.82, 2.24) is 5.32 Å². The number of rotatable bonds is 3. The number of hydrogen-bond donors (Lipinski definition) is 1. The van der Waals surface area contributed by atoms with Crippen LogP contribution in [-0.2, 0) is 13.0 Å². The summed E-state index contributed by atoms with van der Waals surface area (Å²) >= 11 is 0. The SMILES string of the molecule is Cc1ccccc1C(=O)NCc1ccc2c(c1)CCN2C. The fourth-order valence-electron chi connectivity index (χ4n) is 2.84. The van der Waals surface area contributed by atoms with E-state index < -0.39 is 0 Å². The summed E-state index contributed by atoms with van der Waals surface area (Å²) in [5, 5.41) is 3.01. The van der Waals surface area contributed by atoms with Crippen LogP contribution in [0.1, 0.15) is 27.0 Å². The van der Waals surface area contributed by atoms with E-state index in [-0.39, 0.29) is 5.91 Å². The van der Waals surface area contributed by atoms with Crippen molar-refractivity contribution in [2.45, 2.75) is 19.9 Å². The molecule has 0 atom stereocenters. The third kappa shape index (κ3) is 2.77. The molecular weight excluding hydrogens is 260 g/mol. The van der Waals surface area contributed by atoms with Crippen molar-refractivity contribution in [3.8, 4) is 0 Å². The number of carbonyl (C=O) groups is 1. The predicted molar refractivity (Wildman–Crippen MR) is 85.8 cm³/mol. The van der Waals surface area contributed by atoms with Crippen molar-refractivity contribution < 1.29 is 4.79 Å². The molecule has 0 fully saturated rings. The number of likely N-dealkylation sites (N-methyl/N-ethyl adjacent to an activating group) is 1. The van der Waals surface area contributed by atoms with Gasteiger partial charge >= 0.3 is 0 Å². The lowest BCUT2D eigenvalue weighted by Crippen LogP contribution is -2.23. The zero-order valence-corrected chi connectivity index (χ0v) is 12.5. The third-order valence-electron chi connectivity index (χ3n) is 4.11. The van der Waals surface area contributed by atoms with Crippen molar-refractivity contribution in [1.29, 1.82) is 0 Å². The number of benzene rings is 2. The number of hydrogen-bond acceptors (Lipinski definition) is 2. The predicted octanol–water partition coefficient (Wildman–Crippen LogP) is 2.92. The first-order valence-corrected chi connectivity index (χ1v) is 7.32. The van der Waals surface area contributed by atoms with Gasteiger partial charge in [0, 0.05) is 31.4 Å². The largest absolute Gasteiger partial charge is 0.374 e. The van der Waals surface area contributed by atoms with Crippen LogP contribution in [0.15, 0.2) is 42.5 Å². The molecule has 0 radical (unpaired) electrons. The Kier molecular flexibility index (Phi) is 3.65. The Hall–Kier alpha value is -2.29. The number of nitrogens with one attached hydrogen (secondary N) is 1. The van der Waals surface area contributed by atoms with Gasteiger partial charge in [-0.15, -0.1) is 0 Å². The first-order valence-electron chi connectivity index (χ1n) is 7.32. The average molecular weight is 280 g/mol. The molecule has 0 spiro atoms. The lowest BCUT2D eigenvalue weighted by Gasteiger charge is -2.12. The van der Waals surface area contributed by atoms with Crippen LogP contribution in [0.25, 0.3) is 0 Å². The van der Waals surface area contributed by atoms with Crippen LogP contribution in [0.3, 0.4) is 0 Å². The Morgan fingerprint density at radius 1 is 1.24 bits per heavy atom. The summed E-state index contributed by atoms with van der Waals surface area (Å²) in [5.41, 5.74) is 5.60. The minimum absolute atomic E-state index is 0.00860. The van der Waals surface area contributed by atoms with Gasteiger partial charge in [-0.1, -0.05) is 30.3 Å². The van der Waals surface area contributed by atoms with Crippen molar-refractivity contribution in [2.24, 2.45) is 0 Å². The topological polar surface area (TPSA) is 32.3 Å². The van der Waals surface area contributed by atoms with Gasteiger partial charge in [0.05, 0.1) is 0 Å². The molecule has 3 heteroatoms. The molecule has 0 unspecified atom stereocenters. The molecule has 2 aromatic carbocycles. The smallest absolute Gasteiger partial charge is 0.251 e. The van der Waals surface area contributed by atoms with Gasteiger partial charge in [-0.3, -0.25) is 4.79 Å². The zero-order valence-electron chi connectivity index (χ0n) is 12.5. The summed E-state index contributed by atoms with van der Waals surface area (Å²) in [5.74, 6) is -0.00860. The van der Waals surface area contributed by atoms with E-state index in [2.05, 4.69) is 35.5 Å². The van der Waals surface area contributed by atoms with Gasteiger partial charge in [0.15, 0.2) is 0 Å². The number of anilines is 1. The molecule has 1 aliphatic heterocycles. The van der Waals surface area contributed by atoms with E-state index in [0.717, 1.165) is 29.7 Å². The molecule has 1 heterocycles. The van der Waals surface area contributed by atoms with E-state index in [1.165, 1.54) is 11.3 Å². The Balaban J connectivity index is 1.68. The Labute approximate surface area is 125 Å². The van der Waals surface area contributed by atoms with Crippen molar-refractivity contribution in [3.63, 3.8) is 0 Å². The van der Waals surface area contributed by atoms with E-state index in [9.17, 15) is 4.79 Å². The van der Waals surface area contributed by atoms with Gasteiger partial charge in [-0.05, 0) is 42.2 Å². The maximum atomic E-state index is 12.2. The highest BCUT2D eigenvalue weighted by Gasteiger charge is 2.15. The minimum atomic E-state index is -0.00860. The molecular formula is C18H20N2O. The summed E-state index contributed by atoms with van der Waals surface area (Å²) in [6, 6.07) is 14.1. The van der Waals surface area contributed by atoms with Crippen LogP contribution in [0.4, 0.5) is 5.69 Å². The maximum Gasteiger partial charge on any atom is 0.251 e. The first-order chi connectivity index (χ1) is 10.1. The van der Waals surface area contributed by atoms with Crippen LogP contribution in [0.5, 0.6) is 0 Å². The van der Waals surface area contributed by atoms with Crippen LogP contribution in [-0.4, -0.2) is 19.5 Å². The molecule has 0 saturated heterocycles. The summed E-state index contributed by atoms with van der Waals surface area (Å²) in [4.78, 5) is 14.5. The zero-order chi connectivity index (χ0) is 14.8. The second kappa shape index (κ2) is 5.60. The van der Waals surface area contributed by atoms with Gasteiger partial charge in [0.2, 0.25) is 0 Å². The van der Waals surface area contributed by atoms with E-state index in [1.807, 2.05) is 31.2 Å². The minimum Gasteiger partial charge on any atom is -0.374 e. The molecule has 21 heavy (non-hydrogen) atoms. The molecule has 1 amide bonds. The van der Waals surface area contributed by atoms with E-state index >= 15 is 0 Å². The Bertz CT molecular complexity index is 679. The molecule has 3 nitrogen and oxygen atoms in total. The van der Waals surface area contributed by atoms with E-state index in [4.69, 9.17) is 0 Å². The average Bonchev–Trinajstić information content (AvgIpc) is 2.86. The molecule has 0 saturated carbocycles. The van der Waals surface area contributed by atoms with E-state index in [1.54, 1.807) is 0 Å². The van der Waals surface area contributed by atoms with Crippen LogP contribution in [0, 0.1) is 6.92 Å². The molecule has 3 rings (SSSR count). The molecule has 1 aliphatic rings. The fraction of sp³-hybridized carbons (Fsp3) is 0.278. The Morgan fingerprint density at radius 2 is 2.05 bits per heavy atom. The highest BCUT2D eigenvalue weighted by Crippen LogP contribution is 2.27. The van der Waals surface area contributed by atoms with Gasteiger partial charge < -0.3 is 10.2 Å². The Morgan fingerprint density at radius 3 is 2.86 bits per heavy atom. The van der Waals surface area contributed by atoms with Gasteiger partial charge in [0.25, 0.3) is 5.91 Å². The first kappa shape index (κ1) is 13.7. The lowest BCUT2D eigenvalue weighted by atomic mass is 10.1. The summed E-state index contributed by atoms with van der Waals surface area (Å²) in [6.45, 7) is 3.61. The second-order valence-electron chi connectivity index (χ2n) is 5.63. The lowest BCUT2D eigenvalue weighted by molar-refractivity contribution is 0.0950. The summed E-state index contributed by atoms with van der Waals surface area (Å²) < 4.78 is 0. The molecule has 1 N–H and O–H groups in total. The second-order valence-corrected chi connectivity index (χ2v) is 5.63. The molecule has 108 valence electrons. The van der Waals surface area contributed by atoms with Gasteiger partial charge in [0.1, 0.15) is 0 Å². The summed E-state index contributed by atoms with van der Waals surface area (Å²) in [6.07, 6.45) is 1.09. The standard InChI is InChI=1S/C18H20N2O/c1-13-5-3-4-6-16(13)18(21)19-12-14-7-8-17-15(11-14)9-10-20(17)2/h3-8,11H,9-10,12H2,1-2H3,(H,19,21). The molecule has 0 bridgehead atoms. The monoisotopic (exact) mass is 280 g/mol. The fourth-order valence-corrected chi connectivity index (χ4v) is 2.84. The van der Waals surface area contributed by atoms with Gasteiger partial charge in [-0.25, -0.2) is 0 Å². The number of nitrogens with zero attached hydrogens (tertiary/aromatic N) is 1. The van der Waals surface area contributed by atoms with Crippen LogP contribution in [0.2, 0.25) is 0 Å². The van der Waals surface area contributed by atoms with Crippen molar-refractivity contribution >= 4 is 11.6 Å². The highest BCUT2D eigenvalue weighted by atomic mass is 16.1. The van der Waals surface area contributed by atoms with Crippen molar-refractivity contribution in [3.05, 3.63) is 64.7 Å². The normalized spacial score (nSPS) is 13.1. The van der Waals surface area contributed by atoms with Gasteiger partial charge in [-0.2, -0.15) is 0 Å². The quantitative estimate of drug-likeness (QED) is 0.937.